The van der Waals surface area contributed by atoms with Gasteiger partial charge in [-0.05, 0) is 25.5 Å². The fourth-order valence-corrected chi connectivity index (χ4v) is 1.88. The lowest BCUT2D eigenvalue weighted by Gasteiger charge is -2.22. The molecule has 2 unspecified atom stereocenters. The second-order valence-electron chi connectivity index (χ2n) is 4.90. The highest BCUT2D eigenvalue weighted by Gasteiger charge is 2.17. The summed E-state index contributed by atoms with van der Waals surface area (Å²) in [7, 11) is 0. The fourth-order valence-electron chi connectivity index (χ4n) is 1.88. The average Bonchev–Trinajstić information content (AvgIpc) is 2.72. The highest BCUT2D eigenvalue weighted by molar-refractivity contribution is 5.08. The molecule has 1 aromatic rings. The lowest BCUT2D eigenvalue weighted by atomic mass is 9.92. The SMILES string of the molecule is CCn1nccc1C(C)C(C)CNC(C)C. The van der Waals surface area contributed by atoms with Gasteiger partial charge >= 0.3 is 0 Å². The van der Waals surface area contributed by atoms with Gasteiger partial charge in [0.15, 0.2) is 0 Å². The third-order valence-electron chi connectivity index (χ3n) is 3.22. The Morgan fingerprint density at radius 3 is 2.56 bits per heavy atom. The monoisotopic (exact) mass is 223 g/mol. The average molecular weight is 223 g/mol. The van der Waals surface area contributed by atoms with Gasteiger partial charge in [-0.3, -0.25) is 4.68 Å². The minimum absolute atomic E-state index is 0.550. The predicted octanol–water partition coefficient (Wildman–Crippen LogP) is 2.64. The summed E-state index contributed by atoms with van der Waals surface area (Å²) in [6.45, 7) is 13.1. The summed E-state index contributed by atoms with van der Waals surface area (Å²) in [5.74, 6) is 1.18. The number of nitrogens with zero attached hydrogens (tertiary/aromatic N) is 2. The predicted molar refractivity (Wildman–Crippen MR) is 68.6 cm³/mol. The van der Waals surface area contributed by atoms with Crippen LogP contribution >= 0.6 is 0 Å². The van der Waals surface area contributed by atoms with Crippen molar-refractivity contribution >= 4 is 0 Å². The van der Waals surface area contributed by atoms with E-state index in [-0.39, 0.29) is 0 Å². The van der Waals surface area contributed by atoms with Gasteiger partial charge < -0.3 is 5.32 Å². The van der Waals surface area contributed by atoms with E-state index in [1.807, 2.05) is 6.20 Å². The third kappa shape index (κ3) is 3.34. The van der Waals surface area contributed by atoms with Crippen LogP contribution in [0.15, 0.2) is 12.3 Å². The molecule has 0 bridgehead atoms. The van der Waals surface area contributed by atoms with E-state index in [1.165, 1.54) is 5.69 Å². The Morgan fingerprint density at radius 2 is 2.00 bits per heavy atom. The maximum absolute atomic E-state index is 4.33. The maximum Gasteiger partial charge on any atom is 0.0492 e. The molecule has 0 spiro atoms. The molecule has 2 atom stereocenters. The third-order valence-corrected chi connectivity index (χ3v) is 3.22. The molecule has 0 radical (unpaired) electrons. The van der Waals surface area contributed by atoms with Crippen LogP contribution in [0.25, 0.3) is 0 Å². The molecule has 1 rings (SSSR count). The molecule has 0 amide bonds. The first-order valence-electron chi connectivity index (χ1n) is 6.31. The van der Waals surface area contributed by atoms with Crippen molar-refractivity contribution in [2.75, 3.05) is 6.54 Å². The van der Waals surface area contributed by atoms with Crippen LogP contribution < -0.4 is 5.32 Å². The van der Waals surface area contributed by atoms with Crippen LogP contribution in [-0.4, -0.2) is 22.4 Å². The number of rotatable bonds is 6. The Balaban J connectivity index is 2.59. The molecule has 0 fully saturated rings. The molecule has 1 N–H and O–H groups in total. The highest BCUT2D eigenvalue weighted by atomic mass is 15.3. The molecule has 0 aliphatic heterocycles. The van der Waals surface area contributed by atoms with Crippen molar-refractivity contribution in [3.05, 3.63) is 18.0 Å². The molecule has 0 aromatic carbocycles. The van der Waals surface area contributed by atoms with Crippen molar-refractivity contribution in [1.29, 1.82) is 0 Å². The second-order valence-corrected chi connectivity index (χ2v) is 4.90. The summed E-state index contributed by atoms with van der Waals surface area (Å²) in [5.41, 5.74) is 1.35. The second kappa shape index (κ2) is 6.04. The number of hydrogen-bond donors (Lipinski definition) is 1. The zero-order valence-electron chi connectivity index (χ0n) is 11.2. The van der Waals surface area contributed by atoms with Crippen molar-refractivity contribution in [2.45, 2.75) is 53.1 Å². The van der Waals surface area contributed by atoms with E-state index in [1.54, 1.807) is 0 Å². The van der Waals surface area contributed by atoms with Gasteiger partial charge in [0.05, 0.1) is 0 Å². The quantitative estimate of drug-likeness (QED) is 0.803. The molecule has 0 aliphatic rings. The summed E-state index contributed by atoms with van der Waals surface area (Å²) in [6.07, 6.45) is 1.90. The minimum Gasteiger partial charge on any atom is -0.314 e. The number of aromatic nitrogens is 2. The van der Waals surface area contributed by atoms with Crippen molar-refractivity contribution in [2.24, 2.45) is 5.92 Å². The Kier molecular flexibility index (Phi) is 5.00. The summed E-state index contributed by atoms with van der Waals surface area (Å²) in [6, 6.07) is 2.70. The van der Waals surface area contributed by atoms with Crippen LogP contribution in [0.3, 0.4) is 0 Å². The van der Waals surface area contributed by atoms with Crippen molar-refractivity contribution < 1.29 is 0 Å². The molecule has 92 valence electrons. The van der Waals surface area contributed by atoms with Gasteiger partial charge in [0.1, 0.15) is 0 Å². The van der Waals surface area contributed by atoms with E-state index in [9.17, 15) is 0 Å². The fraction of sp³-hybridized carbons (Fsp3) is 0.769. The van der Waals surface area contributed by atoms with Gasteiger partial charge in [0.2, 0.25) is 0 Å². The summed E-state index contributed by atoms with van der Waals surface area (Å²) >= 11 is 0. The maximum atomic E-state index is 4.33. The van der Waals surface area contributed by atoms with E-state index in [0.717, 1.165) is 13.1 Å². The Bertz CT molecular complexity index is 304. The highest BCUT2D eigenvalue weighted by Crippen LogP contribution is 2.23. The molecular weight excluding hydrogens is 198 g/mol. The number of aryl methyl sites for hydroxylation is 1. The van der Waals surface area contributed by atoms with Crippen molar-refractivity contribution in [1.82, 2.24) is 15.1 Å². The van der Waals surface area contributed by atoms with Gasteiger partial charge in [0, 0.05) is 30.4 Å². The minimum atomic E-state index is 0.550. The molecule has 0 saturated heterocycles. The normalized spacial score (nSPS) is 15.4. The summed E-state index contributed by atoms with van der Waals surface area (Å²) in [4.78, 5) is 0. The van der Waals surface area contributed by atoms with Gasteiger partial charge in [-0.2, -0.15) is 5.10 Å². The molecular formula is C13H25N3. The largest absolute Gasteiger partial charge is 0.314 e. The van der Waals surface area contributed by atoms with E-state index < -0.39 is 0 Å². The molecule has 1 heterocycles. The van der Waals surface area contributed by atoms with E-state index in [2.05, 4.69) is 55.8 Å². The Hall–Kier alpha value is -0.830. The molecule has 3 heteroatoms. The molecule has 0 aliphatic carbocycles. The summed E-state index contributed by atoms with van der Waals surface area (Å²) < 4.78 is 2.09. The molecule has 3 nitrogen and oxygen atoms in total. The standard InChI is InChI=1S/C13H25N3/c1-6-16-13(7-8-15-16)12(5)11(4)9-14-10(2)3/h7-8,10-12,14H,6,9H2,1-5H3. The van der Waals surface area contributed by atoms with E-state index in [4.69, 9.17) is 0 Å². The van der Waals surface area contributed by atoms with Crippen LogP contribution in [0.5, 0.6) is 0 Å². The van der Waals surface area contributed by atoms with Crippen LogP contribution in [-0.2, 0) is 6.54 Å². The lowest BCUT2D eigenvalue weighted by molar-refractivity contribution is 0.407. The van der Waals surface area contributed by atoms with Gasteiger partial charge in [-0.1, -0.05) is 27.7 Å². The summed E-state index contributed by atoms with van der Waals surface area (Å²) in [5, 5.41) is 7.83. The van der Waals surface area contributed by atoms with E-state index in [0.29, 0.717) is 17.9 Å². The Labute approximate surface area is 99.2 Å². The zero-order valence-corrected chi connectivity index (χ0v) is 11.2. The van der Waals surface area contributed by atoms with E-state index >= 15 is 0 Å². The van der Waals surface area contributed by atoms with Crippen LogP contribution in [0.4, 0.5) is 0 Å². The van der Waals surface area contributed by atoms with Crippen molar-refractivity contribution in [3.63, 3.8) is 0 Å². The smallest absolute Gasteiger partial charge is 0.0492 e. The van der Waals surface area contributed by atoms with Gasteiger partial charge in [-0.25, -0.2) is 0 Å². The first kappa shape index (κ1) is 13.2. The van der Waals surface area contributed by atoms with Crippen LogP contribution in [0, 0.1) is 5.92 Å². The molecule has 16 heavy (non-hydrogen) atoms. The van der Waals surface area contributed by atoms with Crippen LogP contribution in [0.2, 0.25) is 0 Å². The topological polar surface area (TPSA) is 29.9 Å². The van der Waals surface area contributed by atoms with Gasteiger partial charge in [-0.15, -0.1) is 0 Å². The first-order chi connectivity index (χ1) is 7.56. The van der Waals surface area contributed by atoms with Crippen molar-refractivity contribution in [3.8, 4) is 0 Å². The van der Waals surface area contributed by atoms with Gasteiger partial charge in [0.25, 0.3) is 0 Å². The Morgan fingerprint density at radius 1 is 1.31 bits per heavy atom. The molecule has 1 aromatic heterocycles. The number of hydrogen-bond acceptors (Lipinski definition) is 2. The zero-order chi connectivity index (χ0) is 12.1. The van der Waals surface area contributed by atoms with Crippen LogP contribution in [0.1, 0.15) is 46.2 Å². The molecule has 0 saturated carbocycles. The number of nitrogens with one attached hydrogen (secondary N) is 1. The first-order valence-corrected chi connectivity index (χ1v) is 6.31. The lowest BCUT2D eigenvalue weighted by Crippen LogP contribution is -2.30.